The molecule has 0 unspecified atom stereocenters. The van der Waals surface area contributed by atoms with E-state index < -0.39 is 0 Å². The lowest BCUT2D eigenvalue weighted by molar-refractivity contribution is 0.0942. The fraction of sp³-hybridized carbons (Fsp3) is 0.391. The third-order valence-electron chi connectivity index (χ3n) is 5.59. The van der Waals surface area contributed by atoms with Crippen LogP contribution in [0.3, 0.4) is 0 Å². The maximum Gasteiger partial charge on any atom is 0.274 e. The van der Waals surface area contributed by atoms with Crippen LogP contribution < -0.4 is 5.32 Å². The fourth-order valence-electron chi connectivity index (χ4n) is 3.85. The summed E-state index contributed by atoms with van der Waals surface area (Å²) in [6, 6.07) is 11.9. The molecule has 4 rings (SSSR count). The number of amides is 1. The predicted molar refractivity (Wildman–Crippen MR) is 117 cm³/mol. The number of carbonyl (C=O) groups excluding carboxylic acids is 1. The molecule has 0 radical (unpaired) electrons. The Balaban J connectivity index is 1.57. The van der Waals surface area contributed by atoms with Crippen LogP contribution in [-0.2, 0) is 6.42 Å². The zero-order valence-corrected chi connectivity index (χ0v) is 17.4. The molecule has 1 aliphatic rings. The summed E-state index contributed by atoms with van der Waals surface area (Å²) in [6.45, 7) is 5.82. The van der Waals surface area contributed by atoms with Crippen LogP contribution in [0.1, 0.15) is 42.2 Å². The number of carbonyl (C=O) groups is 1. The van der Waals surface area contributed by atoms with Crippen molar-refractivity contribution in [3.8, 4) is 16.9 Å². The van der Waals surface area contributed by atoms with Gasteiger partial charge in [0.15, 0.2) is 5.69 Å². The molecule has 30 heavy (non-hydrogen) atoms. The Bertz CT molecular complexity index is 961. The van der Waals surface area contributed by atoms with E-state index in [9.17, 15) is 4.79 Å². The zero-order valence-electron chi connectivity index (χ0n) is 17.4. The molecule has 7 heteroatoms. The second kappa shape index (κ2) is 9.63. The summed E-state index contributed by atoms with van der Waals surface area (Å²) in [7, 11) is 0. The highest BCUT2D eigenvalue weighted by Crippen LogP contribution is 2.25. The SMILES string of the molecule is CCc1ccc(-n2nnc(C(=O)NCCN3CCCCC3)c2-c2ccncc2)cc1. The largest absolute Gasteiger partial charge is 0.349 e. The Morgan fingerprint density at radius 2 is 1.77 bits per heavy atom. The number of aromatic nitrogens is 4. The molecule has 0 spiro atoms. The predicted octanol–water partition coefficient (Wildman–Crippen LogP) is 3.11. The van der Waals surface area contributed by atoms with Gasteiger partial charge in [-0.15, -0.1) is 5.10 Å². The number of nitrogens with zero attached hydrogens (tertiary/aromatic N) is 5. The number of piperidine rings is 1. The molecule has 0 saturated carbocycles. The van der Waals surface area contributed by atoms with E-state index in [-0.39, 0.29) is 5.91 Å². The summed E-state index contributed by atoms with van der Waals surface area (Å²) in [4.78, 5) is 19.5. The summed E-state index contributed by atoms with van der Waals surface area (Å²) in [5.74, 6) is -0.199. The van der Waals surface area contributed by atoms with Gasteiger partial charge in [-0.05, 0) is 62.2 Å². The number of nitrogens with one attached hydrogen (secondary N) is 1. The molecule has 1 fully saturated rings. The smallest absolute Gasteiger partial charge is 0.274 e. The Morgan fingerprint density at radius 3 is 2.47 bits per heavy atom. The number of benzene rings is 1. The minimum absolute atomic E-state index is 0.199. The van der Waals surface area contributed by atoms with E-state index in [1.165, 1.54) is 24.8 Å². The van der Waals surface area contributed by atoms with Gasteiger partial charge in [0, 0.05) is 31.0 Å². The molecule has 1 saturated heterocycles. The zero-order chi connectivity index (χ0) is 20.8. The monoisotopic (exact) mass is 404 g/mol. The van der Waals surface area contributed by atoms with Crippen molar-refractivity contribution in [2.24, 2.45) is 0 Å². The fourth-order valence-corrected chi connectivity index (χ4v) is 3.85. The van der Waals surface area contributed by atoms with Crippen molar-refractivity contribution in [3.63, 3.8) is 0 Å². The standard InChI is InChI=1S/C23H28N6O/c1-2-18-6-8-20(9-7-18)29-22(19-10-12-24-13-11-19)21(26-27-29)23(30)25-14-17-28-15-4-3-5-16-28/h6-13H,2-5,14-17H2,1H3,(H,25,30). The van der Waals surface area contributed by atoms with Crippen molar-refractivity contribution in [1.82, 2.24) is 30.2 Å². The van der Waals surface area contributed by atoms with Gasteiger partial charge >= 0.3 is 0 Å². The number of hydrogen-bond donors (Lipinski definition) is 1. The van der Waals surface area contributed by atoms with Gasteiger partial charge in [0.25, 0.3) is 5.91 Å². The summed E-state index contributed by atoms with van der Waals surface area (Å²) in [6.07, 6.45) is 8.19. The molecule has 0 atom stereocenters. The first-order valence-corrected chi connectivity index (χ1v) is 10.7. The molecule has 7 nitrogen and oxygen atoms in total. The van der Waals surface area contributed by atoms with Crippen molar-refractivity contribution in [1.29, 1.82) is 0 Å². The quantitative estimate of drug-likeness (QED) is 0.655. The van der Waals surface area contributed by atoms with Crippen molar-refractivity contribution in [2.75, 3.05) is 26.2 Å². The summed E-state index contributed by atoms with van der Waals surface area (Å²) < 4.78 is 1.73. The van der Waals surface area contributed by atoms with E-state index >= 15 is 0 Å². The lowest BCUT2D eigenvalue weighted by atomic mass is 10.1. The van der Waals surface area contributed by atoms with Gasteiger partial charge < -0.3 is 10.2 Å². The third-order valence-corrected chi connectivity index (χ3v) is 5.59. The number of rotatable bonds is 7. The second-order valence-electron chi connectivity index (χ2n) is 7.61. The first kappa shape index (κ1) is 20.2. The maximum atomic E-state index is 13.0. The van der Waals surface area contributed by atoms with Gasteiger partial charge in [-0.1, -0.05) is 30.7 Å². The third kappa shape index (κ3) is 4.57. The lowest BCUT2D eigenvalue weighted by Crippen LogP contribution is -2.37. The topological polar surface area (TPSA) is 75.9 Å². The van der Waals surface area contributed by atoms with E-state index in [2.05, 4.69) is 44.6 Å². The Morgan fingerprint density at radius 1 is 1.03 bits per heavy atom. The molecule has 1 N–H and O–H groups in total. The maximum absolute atomic E-state index is 13.0. The highest BCUT2D eigenvalue weighted by atomic mass is 16.2. The van der Waals surface area contributed by atoms with E-state index in [4.69, 9.17) is 0 Å². The molecule has 0 bridgehead atoms. The highest BCUT2D eigenvalue weighted by Gasteiger charge is 2.22. The summed E-state index contributed by atoms with van der Waals surface area (Å²) in [5, 5.41) is 11.6. The molecule has 3 aromatic rings. The summed E-state index contributed by atoms with van der Waals surface area (Å²) >= 11 is 0. The molecule has 2 aromatic heterocycles. The molecule has 1 aromatic carbocycles. The molecule has 0 aliphatic carbocycles. The van der Waals surface area contributed by atoms with E-state index in [0.29, 0.717) is 17.9 Å². The average Bonchev–Trinajstić information content (AvgIpc) is 3.26. The second-order valence-corrected chi connectivity index (χ2v) is 7.61. The van der Waals surface area contributed by atoms with Crippen LogP contribution in [-0.4, -0.2) is 57.0 Å². The Hall–Kier alpha value is -3.06. The molecule has 1 aliphatic heterocycles. The highest BCUT2D eigenvalue weighted by molar-refractivity contribution is 5.98. The Kier molecular flexibility index (Phi) is 6.49. The number of pyridine rings is 1. The van der Waals surface area contributed by atoms with Gasteiger partial charge in [-0.2, -0.15) is 0 Å². The van der Waals surface area contributed by atoms with Gasteiger partial charge in [-0.3, -0.25) is 9.78 Å². The average molecular weight is 405 g/mol. The van der Waals surface area contributed by atoms with Crippen molar-refractivity contribution in [2.45, 2.75) is 32.6 Å². The molecule has 156 valence electrons. The van der Waals surface area contributed by atoms with E-state index in [1.54, 1.807) is 17.1 Å². The Labute approximate surface area is 177 Å². The van der Waals surface area contributed by atoms with Crippen LogP contribution in [0.15, 0.2) is 48.8 Å². The van der Waals surface area contributed by atoms with E-state index in [0.717, 1.165) is 37.3 Å². The molecule has 3 heterocycles. The normalized spacial score (nSPS) is 14.6. The first-order chi connectivity index (χ1) is 14.8. The van der Waals surface area contributed by atoms with Gasteiger partial charge in [0.2, 0.25) is 0 Å². The molecule has 1 amide bonds. The summed E-state index contributed by atoms with van der Waals surface area (Å²) in [5.41, 5.74) is 3.99. The van der Waals surface area contributed by atoms with Crippen LogP contribution in [0.2, 0.25) is 0 Å². The molecular formula is C23H28N6O. The van der Waals surface area contributed by atoms with Crippen molar-refractivity contribution >= 4 is 5.91 Å². The number of aryl methyl sites for hydroxylation is 1. The van der Waals surface area contributed by atoms with Crippen molar-refractivity contribution < 1.29 is 4.79 Å². The van der Waals surface area contributed by atoms with Crippen LogP contribution >= 0.6 is 0 Å². The minimum Gasteiger partial charge on any atom is -0.349 e. The van der Waals surface area contributed by atoms with Gasteiger partial charge in [0.05, 0.1) is 5.69 Å². The van der Waals surface area contributed by atoms with Crippen molar-refractivity contribution in [3.05, 3.63) is 60.0 Å². The van der Waals surface area contributed by atoms with Crippen LogP contribution in [0.4, 0.5) is 0 Å². The van der Waals surface area contributed by atoms with Gasteiger partial charge in [0.1, 0.15) is 5.69 Å². The van der Waals surface area contributed by atoms with Gasteiger partial charge in [-0.25, -0.2) is 4.68 Å². The number of hydrogen-bond acceptors (Lipinski definition) is 5. The van der Waals surface area contributed by atoms with Crippen LogP contribution in [0.25, 0.3) is 16.9 Å². The number of likely N-dealkylation sites (tertiary alicyclic amines) is 1. The van der Waals surface area contributed by atoms with Crippen LogP contribution in [0.5, 0.6) is 0 Å². The van der Waals surface area contributed by atoms with E-state index in [1.807, 2.05) is 24.3 Å². The minimum atomic E-state index is -0.199. The lowest BCUT2D eigenvalue weighted by Gasteiger charge is -2.26. The molecular weight excluding hydrogens is 376 g/mol. The van der Waals surface area contributed by atoms with Crippen LogP contribution in [0, 0.1) is 0 Å². The first-order valence-electron chi connectivity index (χ1n) is 10.7.